The van der Waals surface area contributed by atoms with Crippen molar-refractivity contribution in [3.05, 3.63) is 0 Å². The smallest absolute Gasteiger partial charge is 0.348 e. The van der Waals surface area contributed by atoms with Gasteiger partial charge in [-0.05, 0) is 6.42 Å². The lowest BCUT2D eigenvalue weighted by Crippen LogP contribution is -2.54. The number of ether oxygens (including phenoxy) is 1. The molecular formula is C14H22O7. The molecule has 0 aromatic heterocycles. The highest BCUT2D eigenvalue weighted by Gasteiger charge is 2.64. The zero-order chi connectivity index (χ0) is 16.0. The molecule has 1 rings (SSSR count). The number of esters is 1. The van der Waals surface area contributed by atoms with Crippen LogP contribution >= 0.6 is 0 Å². The summed E-state index contributed by atoms with van der Waals surface area (Å²) in [7, 11) is 0. The first-order chi connectivity index (χ1) is 9.85. The third-order valence-electron chi connectivity index (χ3n) is 3.86. The number of aliphatic hydroxyl groups is 1. The van der Waals surface area contributed by atoms with Gasteiger partial charge in [0.2, 0.25) is 11.7 Å². The molecule has 0 radical (unpaired) electrons. The minimum Gasteiger partial charge on any atom is -0.479 e. The summed E-state index contributed by atoms with van der Waals surface area (Å²) < 4.78 is 4.54. The Morgan fingerprint density at radius 3 is 2.24 bits per heavy atom. The zero-order valence-corrected chi connectivity index (χ0v) is 12.1. The molecule has 0 amide bonds. The molecule has 1 aliphatic rings. The van der Waals surface area contributed by atoms with Gasteiger partial charge in [0.05, 0.1) is 0 Å². The van der Waals surface area contributed by atoms with E-state index in [2.05, 4.69) is 11.7 Å². The van der Waals surface area contributed by atoms with E-state index in [4.69, 9.17) is 10.2 Å². The molecule has 1 saturated heterocycles. The Kier molecular flexibility index (Phi) is 6.14. The molecule has 0 saturated carbocycles. The van der Waals surface area contributed by atoms with Gasteiger partial charge in [-0.1, -0.05) is 45.4 Å². The van der Waals surface area contributed by atoms with Crippen LogP contribution in [0.15, 0.2) is 0 Å². The van der Waals surface area contributed by atoms with Crippen molar-refractivity contribution in [3.8, 4) is 0 Å². The average Bonchev–Trinajstić information content (AvgIpc) is 2.68. The molecule has 1 fully saturated rings. The minimum atomic E-state index is -2.69. The van der Waals surface area contributed by atoms with Crippen LogP contribution in [0.3, 0.4) is 0 Å². The largest absolute Gasteiger partial charge is 0.479 e. The number of aliphatic carboxylic acids is 2. The van der Waals surface area contributed by atoms with Gasteiger partial charge in [-0.15, -0.1) is 0 Å². The molecule has 0 spiro atoms. The molecule has 1 aliphatic heterocycles. The monoisotopic (exact) mass is 302 g/mol. The summed E-state index contributed by atoms with van der Waals surface area (Å²) in [5, 5.41) is 28.2. The summed E-state index contributed by atoms with van der Waals surface area (Å²) >= 11 is 0. The summed E-state index contributed by atoms with van der Waals surface area (Å²) in [6.07, 6.45) is 3.66. The lowest BCUT2D eigenvalue weighted by atomic mass is 9.82. The van der Waals surface area contributed by atoms with Crippen LogP contribution < -0.4 is 0 Å². The van der Waals surface area contributed by atoms with E-state index in [1.807, 2.05) is 0 Å². The molecular weight excluding hydrogens is 280 g/mol. The molecule has 0 aliphatic carbocycles. The highest BCUT2D eigenvalue weighted by Crippen LogP contribution is 2.36. The predicted octanol–water partition coefficient (Wildman–Crippen LogP) is 1.18. The highest BCUT2D eigenvalue weighted by molar-refractivity contribution is 5.97. The first kappa shape index (κ1) is 17.4. The molecule has 0 bridgehead atoms. The maximum Gasteiger partial charge on any atom is 0.348 e. The fourth-order valence-corrected chi connectivity index (χ4v) is 2.62. The van der Waals surface area contributed by atoms with E-state index in [0.717, 1.165) is 32.1 Å². The molecule has 3 atom stereocenters. The van der Waals surface area contributed by atoms with Crippen molar-refractivity contribution in [3.63, 3.8) is 0 Å². The van der Waals surface area contributed by atoms with E-state index in [9.17, 15) is 19.5 Å². The molecule has 0 aromatic carbocycles. The van der Waals surface area contributed by atoms with Gasteiger partial charge in [0.1, 0.15) is 5.92 Å². The van der Waals surface area contributed by atoms with E-state index in [-0.39, 0.29) is 6.42 Å². The lowest BCUT2D eigenvalue weighted by Gasteiger charge is -2.24. The Hall–Kier alpha value is -1.63. The summed E-state index contributed by atoms with van der Waals surface area (Å²) in [6, 6.07) is 0. The minimum absolute atomic E-state index is 0.109. The number of carbonyl (C=O) groups is 3. The number of carboxylic acid groups (broad SMARTS) is 2. The van der Waals surface area contributed by atoms with Crippen LogP contribution in [-0.4, -0.2) is 44.9 Å². The standard InChI is InChI=1S/C14H22O7/c1-2-3-4-5-6-7-8-9-12(17)21-10(11(15)16)14(9,20)13(18)19/h9-10,20H,2-8H2,1H3,(H,15,16)(H,18,19). The van der Waals surface area contributed by atoms with Crippen molar-refractivity contribution in [2.75, 3.05) is 0 Å². The van der Waals surface area contributed by atoms with Gasteiger partial charge >= 0.3 is 17.9 Å². The Bertz CT molecular complexity index is 406. The van der Waals surface area contributed by atoms with Crippen LogP contribution in [-0.2, 0) is 19.1 Å². The maximum absolute atomic E-state index is 11.7. The molecule has 7 heteroatoms. The average molecular weight is 302 g/mol. The van der Waals surface area contributed by atoms with Gasteiger partial charge < -0.3 is 20.1 Å². The first-order valence-corrected chi connectivity index (χ1v) is 7.24. The van der Waals surface area contributed by atoms with Crippen LogP contribution in [0.2, 0.25) is 0 Å². The van der Waals surface area contributed by atoms with Gasteiger partial charge in [0.15, 0.2) is 0 Å². The zero-order valence-electron chi connectivity index (χ0n) is 12.1. The Morgan fingerprint density at radius 1 is 1.14 bits per heavy atom. The van der Waals surface area contributed by atoms with Crippen molar-refractivity contribution in [1.29, 1.82) is 0 Å². The molecule has 7 nitrogen and oxygen atoms in total. The molecule has 3 N–H and O–H groups in total. The van der Waals surface area contributed by atoms with Gasteiger partial charge in [-0.25, -0.2) is 9.59 Å². The summed E-state index contributed by atoms with van der Waals surface area (Å²) in [4.78, 5) is 33.8. The fraction of sp³-hybridized carbons (Fsp3) is 0.786. The van der Waals surface area contributed by atoms with Crippen LogP contribution in [0, 0.1) is 5.92 Å². The summed E-state index contributed by atoms with van der Waals surface area (Å²) in [5.74, 6) is -5.68. The number of carboxylic acids is 2. The maximum atomic E-state index is 11.7. The number of carbonyl (C=O) groups excluding carboxylic acids is 1. The van der Waals surface area contributed by atoms with E-state index in [1.165, 1.54) is 0 Å². The van der Waals surface area contributed by atoms with Crippen molar-refractivity contribution >= 4 is 17.9 Å². The van der Waals surface area contributed by atoms with Gasteiger partial charge in [0, 0.05) is 0 Å². The third kappa shape index (κ3) is 3.72. The number of cyclic esters (lactones) is 1. The van der Waals surface area contributed by atoms with Crippen molar-refractivity contribution in [2.45, 2.75) is 63.6 Å². The van der Waals surface area contributed by atoms with Crippen LogP contribution in [0.25, 0.3) is 0 Å². The summed E-state index contributed by atoms with van der Waals surface area (Å²) in [5.41, 5.74) is -2.69. The SMILES string of the molecule is CCCCCCCCC1C(=O)OC(C(=O)O)C1(O)C(=O)O. The van der Waals surface area contributed by atoms with Crippen molar-refractivity contribution in [2.24, 2.45) is 5.92 Å². The lowest BCUT2D eigenvalue weighted by molar-refractivity contribution is -0.179. The Balaban J connectivity index is 2.64. The molecule has 120 valence electrons. The van der Waals surface area contributed by atoms with Gasteiger partial charge in [0.25, 0.3) is 0 Å². The van der Waals surface area contributed by atoms with Crippen LogP contribution in [0.5, 0.6) is 0 Å². The van der Waals surface area contributed by atoms with E-state index >= 15 is 0 Å². The highest BCUT2D eigenvalue weighted by atomic mass is 16.6. The Morgan fingerprint density at radius 2 is 1.71 bits per heavy atom. The number of hydrogen-bond acceptors (Lipinski definition) is 5. The second kappa shape index (κ2) is 7.40. The topological polar surface area (TPSA) is 121 Å². The fourth-order valence-electron chi connectivity index (χ4n) is 2.62. The molecule has 3 unspecified atom stereocenters. The quantitative estimate of drug-likeness (QED) is 0.432. The first-order valence-electron chi connectivity index (χ1n) is 7.24. The molecule has 1 heterocycles. The number of unbranched alkanes of at least 4 members (excludes halogenated alkanes) is 5. The van der Waals surface area contributed by atoms with E-state index < -0.39 is 35.5 Å². The second-order valence-electron chi connectivity index (χ2n) is 5.39. The van der Waals surface area contributed by atoms with E-state index in [0.29, 0.717) is 6.42 Å². The van der Waals surface area contributed by atoms with Crippen molar-refractivity contribution < 1.29 is 34.4 Å². The van der Waals surface area contributed by atoms with Gasteiger partial charge in [-0.2, -0.15) is 0 Å². The second-order valence-corrected chi connectivity index (χ2v) is 5.39. The number of rotatable bonds is 9. The van der Waals surface area contributed by atoms with Crippen LogP contribution in [0.1, 0.15) is 51.9 Å². The number of hydrogen-bond donors (Lipinski definition) is 3. The van der Waals surface area contributed by atoms with Crippen molar-refractivity contribution in [1.82, 2.24) is 0 Å². The normalized spacial score (nSPS) is 28.4. The third-order valence-corrected chi connectivity index (χ3v) is 3.86. The Labute approximate surface area is 122 Å². The van der Waals surface area contributed by atoms with Gasteiger partial charge in [-0.3, -0.25) is 4.79 Å². The van der Waals surface area contributed by atoms with E-state index in [1.54, 1.807) is 0 Å². The van der Waals surface area contributed by atoms with Crippen LogP contribution in [0.4, 0.5) is 0 Å². The predicted molar refractivity (Wildman–Crippen MR) is 71.6 cm³/mol. The molecule has 0 aromatic rings. The summed E-state index contributed by atoms with van der Waals surface area (Å²) in [6.45, 7) is 2.09. The molecule has 21 heavy (non-hydrogen) atoms.